The highest BCUT2D eigenvalue weighted by molar-refractivity contribution is 7.12. The second-order valence-corrected chi connectivity index (χ2v) is 6.20. The van der Waals surface area contributed by atoms with Gasteiger partial charge in [0.2, 0.25) is 0 Å². The molecular formula is C12H15ClN2OS. The molecule has 17 heavy (non-hydrogen) atoms. The number of hydrogen-bond donors (Lipinski definition) is 2. The lowest BCUT2D eigenvalue weighted by molar-refractivity contribution is 0.0928. The van der Waals surface area contributed by atoms with E-state index in [0.29, 0.717) is 28.0 Å². The van der Waals surface area contributed by atoms with Crippen LogP contribution < -0.4 is 10.6 Å². The molecule has 2 aliphatic heterocycles. The summed E-state index contributed by atoms with van der Waals surface area (Å²) in [6, 6.07) is 3.27. The fourth-order valence-corrected chi connectivity index (χ4v) is 3.93. The molecule has 0 spiro atoms. The Morgan fingerprint density at radius 2 is 2.12 bits per heavy atom. The van der Waals surface area contributed by atoms with Gasteiger partial charge in [-0.3, -0.25) is 4.79 Å². The third-order valence-electron chi connectivity index (χ3n) is 3.63. The molecule has 2 N–H and O–H groups in total. The van der Waals surface area contributed by atoms with Crippen molar-refractivity contribution in [3.05, 3.63) is 21.3 Å². The zero-order chi connectivity index (χ0) is 11.8. The summed E-state index contributed by atoms with van der Waals surface area (Å²) in [5, 5.41) is 9.09. The third-order valence-corrected chi connectivity index (χ3v) is 4.97. The van der Waals surface area contributed by atoms with Gasteiger partial charge in [0.25, 0.3) is 5.91 Å². The first-order valence-corrected chi connectivity index (χ1v) is 7.28. The molecule has 0 radical (unpaired) electrons. The number of piperidine rings is 1. The van der Waals surface area contributed by atoms with Gasteiger partial charge in [-0.05, 0) is 37.1 Å². The molecule has 5 heteroatoms. The van der Waals surface area contributed by atoms with Gasteiger partial charge in [-0.15, -0.1) is 11.3 Å². The van der Waals surface area contributed by atoms with Crippen LogP contribution >= 0.6 is 22.9 Å². The lowest BCUT2D eigenvalue weighted by Gasteiger charge is -2.29. The molecular weight excluding hydrogens is 256 g/mol. The van der Waals surface area contributed by atoms with E-state index in [9.17, 15) is 4.79 Å². The Labute approximate surface area is 110 Å². The lowest BCUT2D eigenvalue weighted by atomic mass is 10.00. The summed E-state index contributed by atoms with van der Waals surface area (Å²) in [6.07, 6.45) is 4.59. The molecule has 0 aromatic carbocycles. The molecule has 1 amide bonds. The van der Waals surface area contributed by atoms with Crippen LogP contribution in [-0.4, -0.2) is 24.0 Å². The number of fused-ring (bicyclic) bond motifs is 2. The summed E-state index contributed by atoms with van der Waals surface area (Å²) >= 11 is 7.36. The lowest BCUT2D eigenvalue weighted by Crippen LogP contribution is -2.47. The topological polar surface area (TPSA) is 41.1 Å². The molecule has 2 aliphatic rings. The van der Waals surface area contributed by atoms with Crippen LogP contribution in [0.25, 0.3) is 0 Å². The average molecular weight is 271 g/mol. The van der Waals surface area contributed by atoms with Gasteiger partial charge in [0, 0.05) is 18.1 Å². The van der Waals surface area contributed by atoms with Crippen LogP contribution in [0.1, 0.15) is 35.4 Å². The molecule has 0 saturated carbocycles. The van der Waals surface area contributed by atoms with Gasteiger partial charge in [0.05, 0.1) is 5.02 Å². The second-order valence-electron chi connectivity index (χ2n) is 4.88. The Bertz CT molecular complexity index is 422. The molecule has 2 bridgehead atoms. The van der Waals surface area contributed by atoms with Crippen molar-refractivity contribution in [2.45, 2.75) is 43.8 Å². The molecule has 2 unspecified atom stereocenters. The van der Waals surface area contributed by atoms with Crippen molar-refractivity contribution in [3.8, 4) is 0 Å². The molecule has 3 nitrogen and oxygen atoms in total. The first-order chi connectivity index (χ1) is 8.22. The molecule has 2 saturated heterocycles. The van der Waals surface area contributed by atoms with E-state index in [1.807, 2.05) is 5.38 Å². The number of rotatable bonds is 2. The van der Waals surface area contributed by atoms with E-state index in [0.717, 1.165) is 12.8 Å². The first-order valence-electron chi connectivity index (χ1n) is 6.02. The van der Waals surface area contributed by atoms with Crippen LogP contribution in [0, 0.1) is 0 Å². The Morgan fingerprint density at radius 1 is 1.41 bits per heavy atom. The summed E-state index contributed by atoms with van der Waals surface area (Å²) in [6.45, 7) is 0. The van der Waals surface area contributed by atoms with Gasteiger partial charge < -0.3 is 10.6 Å². The summed E-state index contributed by atoms with van der Waals surface area (Å²) in [4.78, 5) is 12.7. The van der Waals surface area contributed by atoms with Crippen molar-refractivity contribution in [2.24, 2.45) is 0 Å². The predicted octanol–water partition coefficient (Wildman–Crippen LogP) is 2.41. The van der Waals surface area contributed by atoms with Crippen LogP contribution in [0.5, 0.6) is 0 Å². The minimum atomic E-state index is -0.0173. The fraction of sp³-hybridized carbons (Fsp3) is 0.583. The van der Waals surface area contributed by atoms with Gasteiger partial charge in [0.1, 0.15) is 4.88 Å². The molecule has 0 aliphatic carbocycles. The average Bonchev–Trinajstić information content (AvgIpc) is 2.85. The van der Waals surface area contributed by atoms with Crippen LogP contribution in [-0.2, 0) is 0 Å². The fourth-order valence-electron chi connectivity index (χ4n) is 2.88. The molecule has 2 atom stereocenters. The number of carbonyl (C=O) groups excluding carboxylic acids is 1. The summed E-state index contributed by atoms with van der Waals surface area (Å²) < 4.78 is 0. The largest absolute Gasteiger partial charge is 0.348 e. The van der Waals surface area contributed by atoms with Gasteiger partial charge >= 0.3 is 0 Å². The number of nitrogens with one attached hydrogen (secondary N) is 2. The number of thiophene rings is 1. The highest BCUT2D eigenvalue weighted by Crippen LogP contribution is 2.28. The minimum absolute atomic E-state index is 0.0173. The van der Waals surface area contributed by atoms with E-state index >= 15 is 0 Å². The zero-order valence-corrected chi connectivity index (χ0v) is 11.0. The smallest absolute Gasteiger partial charge is 0.263 e. The SMILES string of the molecule is O=C(NC1CC2CCC(C1)N2)c1sccc1Cl. The Kier molecular flexibility index (Phi) is 3.11. The van der Waals surface area contributed by atoms with E-state index < -0.39 is 0 Å². The van der Waals surface area contributed by atoms with Crippen LogP contribution in [0.4, 0.5) is 0 Å². The second kappa shape index (κ2) is 4.59. The maximum Gasteiger partial charge on any atom is 0.263 e. The molecule has 92 valence electrons. The molecule has 2 fully saturated rings. The molecule has 1 aromatic heterocycles. The van der Waals surface area contributed by atoms with Gasteiger partial charge in [-0.2, -0.15) is 0 Å². The third kappa shape index (κ3) is 2.34. The Morgan fingerprint density at radius 3 is 2.71 bits per heavy atom. The highest BCUT2D eigenvalue weighted by Gasteiger charge is 2.34. The zero-order valence-electron chi connectivity index (χ0n) is 9.41. The quantitative estimate of drug-likeness (QED) is 0.867. The summed E-state index contributed by atoms with van der Waals surface area (Å²) in [5.41, 5.74) is 0. The molecule has 3 heterocycles. The van der Waals surface area contributed by atoms with Crippen molar-refractivity contribution in [3.63, 3.8) is 0 Å². The van der Waals surface area contributed by atoms with Crippen molar-refractivity contribution in [1.29, 1.82) is 0 Å². The monoisotopic (exact) mass is 270 g/mol. The summed E-state index contributed by atoms with van der Waals surface area (Å²) in [5.74, 6) is -0.0173. The van der Waals surface area contributed by atoms with E-state index in [2.05, 4.69) is 10.6 Å². The standard InChI is InChI=1S/C12H15ClN2OS/c13-10-3-4-17-11(10)12(16)15-9-5-7-1-2-8(6-9)14-7/h3-4,7-9,14H,1-2,5-6H2,(H,15,16). The Hall–Kier alpha value is -0.580. The van der Waals surface area contributed by atoms with E-state index in [-0.39, 0.29) is 5.91 Å². The number of halogens is 1. The van der Waals surface area contributed by atoms with Gasteiger partial charge in [-0.1, -0.05) is 11.6 Å². The Balaban J connectivity index is 1.64. The van der Waals surface area contributed by atoms with E-state index in [1.165, 1.54) is 24.2 Å². The van der Waals surface area contributed by atoms with Crippen LogP contribution in [0.2, 0.25) is 5.02 Å². The maximum atomic E-state index is 12.0. The number of amides is 1. The number of hydrogen-bond acceptors (Lipinski definition) is 3. The molecule has 1 aromatic rings. The van der Waals surface area contributed by atoms with Crippen LogP contribution in [0.3, 0.4) is 0 Å². The highest BCUT2D eigenvalue weighted by atomic mass is 35.5. The first kappa shape index (κ1) is 11.5. The van der Waals surface area contributed by atoms with E-state index in [4.69, 9.17) is 11.6 Å². The van der Waals surface area contributed by atoms with Crippen molar-refractivity contribution in [1.82, 2.24) is 10.6 Å². The molecule has 3 rings (SSSR count). The van der Waals surface area contributed by atoms with Crippen LogP contribution in [0.15, 0.2) is 11.4 Å². The van der Waals surface area contributed by atoms with E-state index in [1.54, 1.807) is 6.07 Å². The maximum absolute atomic E-state index is 12.0. The number of carbonyl (C=O) groups is 1. The van der Waals surface area contributed by atoms with Gasteiger partial charge in [0.15, 0.2) is 0 Å². The predicted molar refractivity (Wildman–Crippen MR) is 69.8 cm³/mol. The normalized spacial score (nSPS) is 31.5. The van der Waals surface area contributed by atoms with Crippen molar-refractivity contribution >= 4 is 28.8 Å². The van der Waals surface area contributed by atoms with Gasteiger partial charge in [-0.25, -0.2) is 0 Å². The minimum Gasteiger partial charge on any atom is -0.348 e. The van der Waals surface area contributed by atoms with Crippen molar-refractivity contribution in [2.75, 3.05) is 0 Å². The van der Waals surface area contributed by atoms with Crippen molar-refractivity contribution < 1.29 is 4.79 Å². The summed E-state index contributed by atoms with van der Waals surface area (Å²) in [7, 11) is 0.